The van der Waals surface area contributed by atoms with E-state index in [1.165, 1.54) is 10.8 Å². The molecule has 0 atom stereocenters. The fraction of sp³-hybridized carbons (Fsp3) is 0.278. The monoisotopic (exact) mass is 279 g/mol. The van der Waals surface area contributed by atoms with E-state index < -0.39 is 0 Å². The smallest absolute Gasteiger partial charge is 0.138 e. The van der Waals surface area contributed by atoms with Crippen molar-refractivity contribution in [1.82, 2.24) is 15.3 Å². The molecule has 2 aromatic carbocycles. The fourth-order valence-corrected chi connectivity index (χ4v) is 2.51. The van der Waals surface area contributed by atoms with Crippen LogP contribution in [0, 0.1) is 5.92 Å². The fourth-order valence-electron chi connectivity index (χ4n) is 2.51. The molecule has 2 N–H and O–H groups in total. The van der Waals surface area contributed by atoms with Gasteiger partial charge in [-0.1, -0.05) is 56.3 Å². The van der Waals surface area contributed by atoms with E-state index in [4.69, 9.17) is 0 Å². The summed E-state index contributed by atoms with van der Waals surface area (Å²) in [4.78, 5) is 7.96. The first-order chi connectivity index (χ1) is 10.2. The van der Waals surface area contributed by atoms with E-state index in [1.54, 1.807) is 0 Å². The van der Waals surface area contributed by atoms with Crippen molar-refractivity contribution >= 4 is 10.8 Å². The lowest BCUT2D eigenvalue weighted by Crippen LogP contribution is -2.19. The van der Waals surface area contributed by atoms with Crippen molar-refractivity contribution < 1.29 is 0 Å². The van der Waals surface area contributed by atoms with Crippen molar-refractivity contribution in [1.29, 1.82) is 0 Å². The SMILES string of the molecule is CC(C)CNCc1cnc(-c2cccc3ccccc23)[nH]1. The number of nitrogens with one attached hydrogen (secondary N) is 2. The van der Waals surface area contributed by atoms with Crippen molar-refractivity contribution in [3.8, 4) is 11.4 Å². The number of hydrogen-bond acceptors (Lipinski definition) is 2. The molecule has 3 heteroatoms. The zero-order valence-electron chi connectivity index (χ0n) is 12.6. The third-order valence-electron chi connectivity index (χ3n) is 3.54. The minimum Gasteiger partial charge on any atom is -0.341 e. The van der Waals surface area contributed by atoms with E-state index in [1.807, 2.05) is 6.20 Å². The van der Waals surface area contributed by atoms with Crippen LogP contribution in [0.1, 0.15) is 19.5 Å². The lowest BCUT2D eigenvalue weighted by molar-refractivity contribution is 0.549. The summed E-state index contributed by atoms with van der Waals surface area (Å²) in [7, 11) is 0. The molecule has 0 saturated heterocycles. The molecular formula is C18H21N3. The molecule has 1 aromatic heterocycles. The second-order valence-electron chi connectivity index (χ2n) is 5.81. The summed E-state index contributed by atoms with van der Waals surface area (Å²) < 4.78 is 0. The number of hydrogen-bond donors (Lipinski definition) is 2. The van der Waals surface area contributed by atoms with Crippen LogP contribution in [0.2, 0.25) is 0 Å². The average Bonchev–Trinajstić information content (AvgIpc) is 2.95. The first-order valence-corrected chi connectivity index (χ1v) is 7.47. The van der Waals surface area contributed by atoms with Crippen molar-refractivity contribution in [3.05, 3.63) is 54.4 Å². The molecule has 0 aliphatic carbocycles. The number of imidazole rings is 1. The van der Waals surface area contributed by atoms with Crippen molar-refractivity contribution in [3.63, 3.8) is 0 Å². The molecule has 0 amide bonds. The Labute approximate surface area is 125 Å². The molecule has 0 spiro atoms. The number of nitrogens with zero attached hydrogens (tertiary/aromatic N) is 1. The maximum absolute atomic E-state index is 4.54. The van der Waals surface area contributed by atoms with Gasteiger partial charge in [-0.3, -0.25) is 0 Å². The van der Waals surface area contributed by atoms with Gasteiger partial charge in [0.25, 0.3) is 0 Å². The predicted molar refractivity (Wildman–Crippen MR) is 88.1 cm³/mol. The standard InChI is InChI=1S/C18H21N3/c1-13(2)10-19-11-15-12-20-18(21-15)17-9-5-7-14-6-3-4-8-16(14)17/h3-9,12-13,19H,10-11H2,1-2H3,(H,20,21). The lowest BCUT2D eigenvalue weighted by atomic mass is 10.0. The third-order valence-corrected chi connectivity index (χ3v) is 3.54. The molecule has 1 heterocycles. The van der Waals surface area contributed by atoms with Gasteiger partial charge in [-0.15, -0.1) is 0 Å². The van der Waals surface area contributed by atoms with Gasteiger partial charge in [0.05, 0.1) is 0 Å². The highest BCUT2D eigenvalue weighted by molar-refractivity contribution is 5.95. The molecule has 21 heavy (non-hydrogen) atoms. The van der Waals surface area contributed by atoms with E-state index in [0.717, 1.165) is 30.2 Å². The molecule has 0 aliphatic heterocycles. The van der Waals surface area contributed by atoms with Gasteiger partial charge in [0.15, 0.2) is 0 Å². The third kappa shape index (κ3) is 3.14. The minimum atomic E-state index is 0.658. The Morgan fingerprint density at radius 3 is 2.76 bits per heavy atom. The maximum Gasteiger partial charge on any atom is 0.138 e. The lowest BCUT2D eigenvalue weighted by Gasteiger charge is -2.06. The molecular weight excluding hydrogens is 258 g/mol. The Balaban J connectivity index is 1.85. The number of benzene rings is 2. The van der Waals surface area contributed by atoms with E-state index >= 15 is 0 Å². The molecule has 0 bridgehead atoms. The molecule has 0 fully saturated rings. The Morgan fingerprint density at radius 2 is 1.90 bits per heavy atom. The van der Waals surface area contributed by atoms with E-state index in [9.17, 15) is 0 Å². The maximum atomic E-state index is 4.54. The summed E-state index contributed by atoms with van der Waals surface area (Å²) in [6.45, 7) is 6.27. The second kappa shape index (κ2) is 6.10. The largest absolute Gasteiger partial charge is 0.341 e. The quantitative estimate of drug-likeness (QED) is 0.741. The highest BCUT2D eigenvalue weighted by Crippen LogP contribution is 2.26. The summed E-state index contributed by atoms with van der Waals surface area (Å²) >= 11 is 0. The van der Waals surface area contributed by atoms with Gasteiger partial charge in [-0.25, -0.2) is 4.98 Å². The minimum absolute atomic E-state index is 0.658. The number of rotatable bonds is 5. The van der Waals surface area contributed by atoms with Crippen LogP contribution in [0.25, 0.3) is 22.2 Å². The second-order valence-corrected chi connectivity index (χ2v) is 5.81. The molecule has 3 aromatic rings. The van der Waals surface area contributed by atoms with Crippen molar-refractivity contribution in [2.45, 2.75) is 20.4 Å². The topological polar surface area (TPSA) is 40.7 Å². The van der Waals surface area contributed by atoms with Crippen LogP contribution in [0.5, 0.6) is 0 Å². The zero-order valence-corrected chi connectivity index (χ0v) is 12.6. The van der Waals surface area contributed by atoms with E-state index in [-0.39, 0.29) is 0 Å². The molecule has 0 aliphatic rings. The Hall–Kier alpha value is -2.13. The Kier molecular flexibility index (Phi) is 4.02. The molecule has 3 nitrogen and oxygen atoms in total. The number of aromatic amines is 1. The van der Waals surface area contributed by atoms with Crippen LogP contribution >= 0.6 is 0 Å². The van der Waals surface area contributed by atoms with E-state index in [0.29, 0.717) is 5.92 Å². The first-order valence-electron chi connectivity index (χ1n) is 7.47. The van der Waals surface area contributed by atoms with Gasteiger partial charge in [0.1, 0.15) is 5.82 Å². The summed E-state index contributed by atoms with van der Waals surface area (Å²) in [5.41, 5.74) is 2.28. The van der Waals surface area contributed by atoms with Crippen LogP contribution < -0.4 is 5.32 Å². The first kappa shape index (κ1) is 13.8. The average molecular weight is 279 g/mol. The number of aromatic nitrogens is 2. The normalized spacial score (nSPS) is 11.4. The Morgan fingerprint density at radius 1 is 1.10 bits per heavy atom. The van der Waals surface area contributed by atoms with Gasteiger partial charge in [-0.2, -0.15) is 0 Å². The molecule has 3 rings (SSSR count). The van der Waals surface area contributed by atoms with Crippen molar-refractivity contribution in [2.75, 3.05) is 6.54 Å². The summed E-state index contributed by atoms with van der Waals surface area (Å²) in [5, 5.41) is 5.91. The van der Waals surface area contributed by atoms with Gasteiger partial charge < -0.3 is 10.3 Å². The molecule has 0 saturated carbocycles. The van der Waals surface area contributed by atoms with E-state index in [2.05, 4.69) is 71.6 Å². The predicted octanol–water partition coefficient (Wildman–Crippen LogP) is 3.98. The molecule has 0 radical (unpaired) electrons. The number of fused-ring (bicyclic) bond motifs is 1. The summed E-state index contributed by atoms with van der Waals surface area (Å²) in [6.07, 6.45) is 1.92. The Bertz CT molecular complexity index is 723. The van der Waals surface area contributed by atoms with Gasteiger partial charge in [0.2, 0.25) is 0 Å². The van der Waals surface area contributed by atoms with Crippen LogP contribution in [-0.2, 0) is 6.54 Å². The van der Waals surface area contributed by atoms with Gasteiger partial charge >= 0.3 is 0 Å². The van der Waals surface area contributed by atoms with Crippen LogP contribution in [0.4, 0.5) is 0 Å². The highest BCUT2D eigenvalue weighted by atomic mass is 15.0. The van der Waals surface area contributed by atoms with Crippen LogP contribution in [0.3, 0.4) is 0 Å². The van der Waals surface area contributed by atoms with Gasteiger partial charge in [-0.05, 0) is 23.2 Å². The van der Waals surface area contributed by atoms with Crippen molar-refractivity contribution in [2.24, 2.45) is 5.92 Å². The molecule has 108 valence electrons. The van der Waals surface area contributed by atoms with Crippen LogP contribution in [-0.4, -0.2) is 16.5 Å². The zero-order chi connectivity index (χ0) is 14.7. The summed E-state index contributed by atoms with van der Waals surface area (Å²) in [6, 6.07) is 14.7. The van der Waals surface area contributed by atoms with Gasteiger partial charge in [0, 0.05) is 24.0 Å². The highest BCUT2D eigenvalue weighted by Gasteiger charge is 2.07. The number of H-pyrrole nitrogens is 1. The molecule has 0 unspecified atom stereocenters. The summed E-state index contributed by atoms with van der Waals surface area (Å²) in [5.74, 6) is 1.60. The van der Waals surface area contributed by atoms with Crippen LogP contribution in [0.15, 0.2) is 48.7 Å².